The number of alkyl halides is 3. The Kier molecular flexibility index (Phi) is 5.73. The van der Waals surface area contributed by atoms with Crippen molar-refractivity contribution in [2.75, 3.05) is 13.7 Å². The first-order chi connectivity index (χ1) is 7.95. The summed E-state index contributed by atoms with van der Waals surface area (Å²) >= 11 is 0. The smallest absolute Gasteiger partial charge is 0.391 e. The molecule has 0 saturated heterocycles. The van der Waals surface area contributed by atoms with Crippen molar-refractivity contribution >= 4 is 0 Å². The van der Waals surface area contributed by atoms with Gasteiger partial charge in [0.1, 0.15) is 0 Å². The standard InChI is InChI=1S/C12H21F3O2/c1-17-7-3-6-11(16)9-4-2-5-10(8-9)12(13,14)15/h9-11,16H,2-8H2,1H3. The highest BCUT2D eigenvalue weighted by Gasteiger charge is 2.43. The maximum absolute atomic E-state index is 12.6. The predicted molar refractivity (Wildman–Crippen MR) is 58.6 cm³/mol. The molecule has 1 aliphatic rings. The third-order valence-electron chi connectivity index (χ3n) is 3.57. The molecule has 0 heterocycles. The molecule has 0 aromatic heterocycles. The fourth-order valence-electron chi connectivity index (χ4n) is 2.55. The molecule has 102 valence electrons. The number of hydrogen-bond donors (Lipinski definition) is 1. The van der Waals surface area contributed by atoms with E-state index in [0.717, 1.165) is 0 Å². The summed E-state index contributed by atoms with van der Waals surface area (Å²) in [7, 11) is 1.58. The van der Waals surface area contributed by atoms with Crippen LogP contribution in [0.3, 0.4) is 0 Å². The van der Waals surface area contributed by atoms with Crippen LogP contribution in [0.5, 0.6) is 0 Å². The van der Waals surface area contributed by atoms with Crippen LogP contribution in [0, 0.1) is 11.8 Å². The van der Waals surface area contributed by atoms with Crippen molar-refractivity contribution in [3.63, 3.8) is 0 Å². The lowest BCUT2D eigenvalue weighted by Gasteiger charge is -2.33. The molecule has 0 aromatic carbocycles. The molecule has 1 fully saturated rings. The van der Waals surface area contributed by atoms with Crippen LogP contribution in [0.15, 0.2) is 0 Å². The molecule has 1 rings (SSSR count). The molecule has 2 nitrogen and oxygen atoms in total. The number of rotatable bonds is 5. The molecule has 0 spiro atoms. The second kappa shape index (κ2) is 6.59. The Morgan fingerprint density at radius 2 is 2.06 bits per heavy atom. The fraction of sp³-hybridized carbons (Fsp3) is 1.00. The van der Waals surface area contributed by atoms with Crippen molar-refractivity contribution in [2.24, 2.45) is 11.8 Å². The lowest BCUT2D eigenvalue weighted by molar-refractivity contribution is -0.188. The summed E-state index contributed by atoms with van der Waals surface area (Å²) in [5.74, 6) is -1.43. The largest absolute Gasteiger partial charge is 0.393 e. The van der Waals surface area contributed by atoms with E-state index in [1.807, 2.05) is 0 Å². The van der Waals surface area contributed by atoms with E-state index >= 15 is 0 Å². The minimum atomic E-state index is -4.11. The van der Waals surface area contributed by atoms with Gasteiger partial charge in [0, 0.05) is 13.7 Å². The molecule has 1 N–H and O–H groups in total. The van der Waals surface area contributed by atoms with Gasteiger partial charge in [-0.05, 0) is 38.0 Å². The molecular weight excluding hydrogens is 233 g/mol. The van der Waals surface area contributed by atoms with Gasteiger partial charge < -0.3 is 9.84 Å². The molecular formula is C12H21F3O2. The van der Waals surface area contributed by atoms with E-state index in [1.54, 1.807) is 7.11 Å². The minimum absolute atomic E-state index is 0.0810. The van der Waals surface area contributed by atoms with E-state index in [0.29, 0.717) is 32.3 Å². The van der Waals surface area contributed by atoms with Crippen LogP contribution in [-0.2, 0) is 4.74 Å². The summed E-state index contributed by atoms with van der Waals surface area (Å²) in [5, 5.41) is 9.86. The number of ether oxygens (including phenoxy) is 1. The highest BCUT2D eigenvalue weighted by atomic mass is 19.4. The SMILES string of the molecule is COCCCC(O)C1CCCC(C(F)(F)F)C1. The monoisotopic (exact) mass is 254 g/mol. The van der Waals surface area contributed by atoms with Crippen molar-refractivity contribution < 1.29 is 23.0 Å². The van der Waals surface area contributed by atoms with E-state index < -0.39 is 18.2 Å². The van der Waals surface area contributed by atoms with E-state index in [9.17, 15) is 18.3 Å². The predicted octanol–water partition coefficient (Wildman–Crippen LogP) is 3.14. The van der Waals surface area contributed by atoms with Crippen LogP contribution < -0.4 is 0 Å². The number of hydrogen-bond acceptors (Lipinski definition) is 2. The number of halogens is 3. The Balaban J connectivity index is 2.38. The molecule has 3 atom stereocenters. The minimum Gasteiger partial charge on any atom is -0.393 e. The summed E-state index contributed by atoms with van der Waals surface area (Å²) in [5.41, 5.74) is 0. The normalized spacial score (nSPS) is 28.1. The van der Waals surface area contributed by atoms with E-state index in [2.05, 4.69) is 0 Å². The zero-order valence-electron chi connectivity index (χ0n) is 10.2. The van der Waals surface area contributed by atoms with Gasteiger partial charge in [0.15, 0.2) is 0 Å². The van der Waals surface area contributed by atoms with Crippen LogP contribution in [-0.4, -0.2) is 31.1 Å². The Bertz CT molecular complexity index is 218. The Hall–Kier alpha value is -0.290. The van der Waals surface area contributed by atoms with Gasteiger partial charge in [0.05, 0.1) is 12.0 Å². The zero-order chi connectivity index (χ0) is 12.9. The highest BCUT2D eigenvalue weighted by Crippen LogP contribution is 2.41. The Morgan fingerprint density at radius 3 is 2.65 bits per heavy atom. The summed E-state index contributed by atoms with van der Waals surface area (Å²) in [4.78, 5) is 0. The fourth-order valence-corrected chi connectivity index (χ4v) is 2.55. The van der Waals surface area contributed by atoms with Gasteiger partial charge in [0.2, 0.25) is 0 Å². The molecule has 5 heteroatoms. The van der Waals surface area contributed by atoms with Crippen molar-refractivity contribution in [1.82, 2.24) is 0 Å². The first-order valence-corrected chi connectivity index (χ1v) is 6.19. The molecule has 0 aliphatic heterocycles. The maximum Gasteiger partial charge on any atom is 0.391 e. The molecule has 0 radical (unpaired) electrons. The first-order valence-electron chi connectivity index (χ1n) is 6.19. The van der Waals surface area contributed by atoms with Gasteiger partial charge in [-0.3, -0.25) is 0 Å². The molecule has 1 saturated carbocycles. The van der Waals surface area contributed by atoms with Gasteiger partial charge in [-0.15, -0.1) is 0 Å². The van der Waals surface area contributed by atoms with Gasteiger partial charge in [-0.2, -0.15) is 13.2 Å². The molecule has 0 bridgehead atoms. The van der Waals surface area contributed by atoms with E-state index in [4.69, 9.17) is 4.74 Å². The topological polar surface area (TPSA) is 29.5 Å². The average Bonchev–Trinajstić information content (AvgIpc) is 2.28. The van der Waals surface area contributed by atoms with Gasteiger partial charge in [-0.1, -0.05) is 6.42 Å². The van der Waals surface area contributed by atoms with Crippen molar-refractivity contribution in [3.8, 4) is 0 Å². The summed E-state index contributed by atoms with van der Waals surface area (Å²) in [6.07, 6.45) is -1.92. The molecule has 17 heavy (non-hydrogen) atoms. The third-order valence-corrected chi connectivity index (χ3v) is 3.57. The highest BCUT2D eigenvalue weighted by molar-refractivity contribution is 4.81. The molecule has 1 aliphatic carbocycles. The summed E-state index contributed by atoms with van der Waals surface area (Å²) < 4.78 is 42.6. The van der Waals surface area contributed by atoms with Gasteiger partial charge in [-0.25, -0.2) is 0 Å². The molecule has 0 amide bonds. The van der Waals surface area contributed by atoms with Crippen LogP contribution in [0.4, 0.5) is 13.2 Å². The van der Waals surface area contributed by atoms with Crippen LogP contribution in [0.25, 0.3) is 0 Å². The lowest BCUT2D eigenvalue weighted by Crippen LogP contribution is -2.33. The number of methoxy groups -OCH3 is 1. The van der Waals surface area contributed by atoms with Gasteiger partial charge in [0.25, 0.3) is 0 Å². The van der Waals surface area contributed by atoms with Crippen molar-refractivity contribution in [2.45, 2.75) is 50.8 Å². The first kappa shape index (κ1) is 14.8. The maximum atomic E-state index is 12.6. The second-order valence-electron chi connectivity index (χ2n) is 4.87. The van der Waals surface area contributed by atoms with E-state index in [-0.39, 0.29) is 18.8 Å². The van der Waals surface area contributed by atoms with Crippen LogP contribution >= 0.6 is 0 Å². The van der Waals surface area contributed by atoms with Crippen LogP contribution in [0.2, 0.25) is 0 Å². The van der Waals surface area contributed by atoms with E-state index in [1.165, 1.54) is 0 Å². The summed E-state index contributed by atoms with van der Waals surface area (Å²) in [6, 6.07) is 0. The second-order valence-corrected chi connectivity index (χ2v) is 4.87. The van der Waals surface area contributed by atoms with Crippen molar-refractivity contribution in [3.05, 3.63) is 0 Å². The third kappa shape index (κ3) is 4.84. The Morgan fingerprint density at radius 1 is 1.35 bits per heavy atom. The van der Waals surface area contributed by atoms with Gasteiger partial charge >= 0.3 is 6.18 Å². The lowest BCUT2D eigenvalue weighted by atomic mass is 9.77. The average molecular weight is 254 g/mol. The Labute approximate surface area is 100 Å². The number of aliphatic hydroxyl groups is 1. The number of aliphatic hydroxyl groups excluding tert-OH is 1. The molecule has 0 aromatic rings. The zero-order valence-corrected chi connectivity index (χ0v) is 10.2. The van der Waals surface area contributed by atoms with Crippen molar-refractivity contribution in [1.29, 1.82) is 0 Å². The summed E-state index contributed by atoms with van der Waals surface area (Å²) in [6.45, 7) is 0.548. The molecule has 3 unspecified atom stereocenters. The van der Waals surface area contributed by atoms with Crippen LogP contribution in [0.1, 0.15) is 38.5 Å². The quantitative estimate of drug-likeness (QED) is 0.764.